The fourth-order valence-corrected chi connectivity index (χ4v) is 2.29. The van der Waals surface area contributed by atoms with E-state index in [0.29, 0.717) is 10.6 Å². The van der Waals surface area contributed by atoms with Crippen molar-refractivity contribution in [1.82, 2.24) is 4.57 Å². The Labute approximate surface area is 116 Å². The maximum absolute atomic E-state index is 11.7. The van der Waals surface area contributed by atoms with E-state index < -0.39 is 0 Å². The van der Waals surface area contributed by atoms with Crippen molar-refractivity contribution in [3.63, 3.8) is 0 Å². The lowest BCUT2D eigenvalue weighted by Gasteiger charge is -2.04. The van der Waals surface area contributed by atoms with Crippen LogP contribution in [0.2, 0.25) is 0 Å². The molecule has 0 fully saturated rings. The average molecular weight is 276 g/mol. The van der Waals surface area contributed by atoms with Gasteiger partial charge in [0, 0.05) is 18.6 Å². The number of amides is 1. The topological polar surface area (TPSA) is 43.6 Å². The highest BCUT2D eigenvalue weighted by Gasteiger charge is 2.02. The van der Waals surface area contributed by atoms with Gasteiger partial charge in [0.1, 0.15) is 5.75 Å². The molecule has 0 atom stereocenters. The van der Waals surface area contributed by atoms with E-state index in [1.807, 2.05) is 42.9 Å². The Bertz CT molecular complexity index is 611. The van der Waals surface area contributed by atoms with Gasteiger partial charge in [-0.25, -0.2) is 0 Å². The van der Waals surface area contributed by atoms with Gasteiger partial charge in [-0.05, 0) is 24.1 Å². The fraction of sp³-hybridized carbons (Fsp3) is 0.286. The van der Waals surface area contributed by atoms with Gasteiger partial charge in [-0.3, -0.25) is 4.79 Å². The van der Waals surface area contributed by atoms with Gasteiger partial charge in [-0.2, -0.15) is 4.99 Å². The quantitative estimate of drug-likeness (QED) is 0.859. The minimum atomic E-state index is -0.280. The molecule has 1 aromatic carbocycles. The Morgan fingerprint density at radius 2 is 2.11 bits per heavy atom. The number of nitrogens with zero attached hydrogens (tertiary/aromatic N) is 2. The van der Waals surface area contributed by atoms with Gasteiger partial charge in [0.15, 0.2) is 11.4 Å². The van der Waals surface area contributed by atoms with Crippen molar-refractivity contribution in [3.05, 3.63) is 46.2 Å². The third-order valence-corrected chi connectivity index (χ3v) is 3.52. The van der Waals surface area contributed by atoms with Gasteiger partial charge >= 0.3 is 0 Å². The third-order valence-electron chi connectivity index (χ3n) is 2.67. The van der Waals surface area contributed by atoms with Crippen LogP contribution in [0.4, 0.5) is 0 Å². The van der Waals surface area contributed by atoms with Gasteiger partial charge in [0.05, 0.1) is 0 Å². The first-order chi connectivity index (χ1) is 9.19. The van der Waals surface area contributed by atoms with E-state index in [-0.39, 0.29) is 12.5 Å². The molecule has 1 heterocycles. The van der Waals surface area contributed by atoms with Crippen LogP contribution in [0.25, 0.3) is 0 Å². The van der Waals surface area contributed by atoms with E-state index >= 15 is 0 Å². The molecule has 0 aliphatic carbocycles. The third kappa shape index (κ3) is 3.79. The SMILES string of the molecule is CCc1ccc(OCC(=O)N=c2sccn2C)cc1. The molecule has 1 amide bonds. The molecule has 0 bridgehead atoms. The van der Waals surface area contributed by atoms with Gasteiger partial charge in [0.25, 0.3) is 5.91 Å². The number of benzene rings is 1. The van der Waals surface area contributed by atoms with Crippen molar-refractivity contribution in [2.24, 2.45) is 12.0 Å². The van der Waals surface area contributed by atoms with Crippen LogP contribution in [0.3, 0.4) is 0 Å². The summed E-state index contributed by atoms with van der Waals surface area (Å²) >= 11 is 1.42. The van der Waals surface area contributed by atoms with Crippen LogP contribution >= 0.6 is 11.3 Å². The summed E-state index contributed by atoms with van der Waals surface area (Å²) in [6.07, 6.45) is 2.85. The molecule has 1 aromatic heterocycles. The summed E-state index contributed by atoms with van der Waals surface area (Å²) in [6, 6.07) is 7.74. The highest BCUT2D eigenvalue weighted by molar-refractivity contribution is 7.07. The minimum Gasteiger partial charge on any atom is -0.484 e. The molecule has 0 saturated heterocycles. The van der Waals surface area contributed by atoms with Crippen molar-refractivity contribution in [1.29, 1.82) is 0 Å². The summed E-state index contributed by atoms with van der Waals surface area (Å²) in [5.74, 6) is 0.411. The molecular formula is C14H16N2O2S. The van der Waals surface area contributed by atoms with Crippen LogP contribution in [-0.4, -0.2) is 17.1 Å². The Morgan fingerprint density at radius 3 is 2.68 bits per heavy atom. The molecule has 0 aliphatic rings. The van der Waals surface area contributed by atoms with Crippen LogP contribution in [-0.2, 0) is 18.3 Å². The average Bonchev–Trinajstić information content (AvgIpc) is 2.82. The van der Waals surface area contributed by atoms with Crippen molar-refractivity contribution in [2.45, 2.75) is 13.3 Å². The summed E-state index contributed by atoms with van der Waals surface area (Å²) in [4.78, 5) is 16.3. The lowest BCUT2D eigenvalue weighted by atomic mass is 10.2. The number of carbonyl (C=O) groups excluding carboxylic acids is 1. The molecule has 0 radical (unpaired) electrons. The first-order valence-electron chi connectivity index (χ1n) is 6.08. The van der Waals surface area contributed by atoms with Crippen LogP contribution in [0.15, 0.2) is 40.8 Å². The predicted molar refractivity (Wildman–Crippen MR) is 75.2 cm³/mol. The van der Waals surface area contributed by atoms with E-state index in [9.17, 15) is 4.79 Å². The Balaban J connectivity index is 1.95. The maximum atomic E-state index is 11.7. The molecule has 0 aliphatic heterocycles. The number of thiazole rings is 1. The molecule has 100 valence electrons. The summed E-state index contributed by atoms with van der Waals surface area (Å²) < 4.78 is 7.21. The van der Waals surface area contributed by atoms with E-state index in [0.717, 1.165) is 6.42 Å². The monoisotopic (exact) mass is 276 g/mol. The molecule has 0 unspecified atom stereocenters. The summed E-state index contributed by atoms with van der Waals surface area (Å²) in [5, 5.41) is 1.89. The van der Waals surface area contributed by atoms with Gasteiger partial charge in [0.2, 0.25) is 0 Å². The highest BCUT2D eigenvalue weighted by atomic mass is 32.1. The lowest BCUT2D eigenvalue weighted by Crippen LogP contribution is -2.16. The molecule has 2 rings (SSSR count). The predicted octanol–water partition coefficient (Wildman–Crippen LogP) is 2.16. The van der Waals surface area contributed by atoms with Gasteiger partial charge in [-0.15, -0.1) is 11.3 Å². The summed E-state index contributed by atoms with van der Waals surface area (Å²) in [7, 11) is 1.85. The smallest absolute Gasteiger partial charge is 0.286 e. The fourth-order valence-electron chi connectivity index (χ4n) is 1.54. The number of aryl methyl sites for hydroxylation is 2. The Kier molecular flexibility index (Phi) is 4.52. The standard InChI is InChI=1S/C14H16N2O2S/c1-3-11-4-6-12(7-5-11)18-10-13(17)15-14-16(2)8-9-19-14/h4-9H,3,10H2,1-2H3. The van der Waals surface area contributed by atoms with Crippen LogP contribution in [0.5, 0.6) is 5.75 Å². The van der Waals surface area contributed by atoms with E-state index in [2.05, 4.69) is 11.9 Å². The largest absolute Gasteiger partial charge is 0.484 e. The molecule has 4 nitrogen and oxygen atoms in total. The maximum Gasteiger partial charge on any atom is 0.286 e. The minimum absolute atomic E-state index is 0.0383. The number of carbonyl (C=O) groups is 1. The van der Waals surface area contributed by atoms with E-state index in [1.54, 1.807) is 4.57 Å². The van der Waals surface area contributed by atoms with E-state index in [1.165, 1.54) is 16.9 Å². The molecule has 2 aromatic rings. The van der Waals surface area contributed by atoms with Crippen molar-refractivity contribution < 1.29 is 9.53 Å². The second-order valence-corrected chi connectivity index (χ2v) is 4.96. The highest BCUT2D eigenvalue weighted by Crippen LogP contribution is 2.12. The summed E-state index contributed by atoms with van der Waals surface area (Å²) in [6.45, 7) is 2.06. The molecule has 0 saturated carbocycles. The van der Waals surface area contributed by atoms with Gasteiger partial charge in [-0.1, -0.05) is 19.1 Å². The van der Waals surface area contributed by atoms with Crippen molar-refractivity contribution in [2.75, 3.05) is 6.61 Å². The van der Waals surface area contributed by atoms with Crippen LogP contribution in [0.1, 0.15) is 12.5 Å². The zero-order valence-electron chi connectivity index (χ0n) is 11.0. The second kappa shape index (κ2) is 6.33. The number of hydrogen-bond donors (Lipinski definition) is 0. The molecular weight excluding hydrogens is 260 g/mol. The lowest BCUT2D eigenvalue weighted by molar-refractivity contribution is -0.120. The normalized spacial score (nSPS) is 11.6. The van der Waals surface area contributed by atoms with Gasteiger partial charge < -0.3 is 9.30 Å². The van der Waals surface area contributed by atoms with Crippen LogP contribution in [0, 0.1) is 0 Å². The summed E-state index contributed by atoms with van der Waals surface area (Å²) in [5.41, 5.74) is 1.24. The molecule has 0 spiro atoms. The number of rotatable bonds is 4. The second-order valence-electron chi connectivity index (χ2n) is 4.09. The molecule has 5 heteroatoms. The Hall–Kier alpha value is -1.88. The van der Waals surface area contributed by atoms with Crippen molar-refractivity contribution >= 4 is 17.2 Å². The first kappa shape index (κ1) is 13.5. The van der Waals surface area contributed by atoms with Crippen LogP contribution < -0.4 is 9.54 Å². The molecule has 19 heavy (non-hydrogen) atoms. The van der Waals surface area contributed by atoms with E-state index in [4.69, 9.17) is 4.74 Å². The zero-order chi connectivity index (χ0) is 13.7. The molecule has 0 N–H and O–H groups in total. The zero-order valence-corrected chi connectivity index (χ0v) is 11.8. The van der Waals surface area contributed by atoms with Crippen molar-refractivity contribution in [3.8, 4) is 5.75 Å². The number of aromatic nitrogens is 1. The number of hydrogen-bond acceptors (Lipinski definition) is 3. The Morgan fingerprint density at radius 1 is 1.37 bits per heavy atom. The number of ether oxygens (including phenoxy) is 1. The first-order valence-corrected chi connectivity index (χ1v) is 6.96.